The van der Waals surface area contributed by atoms with E-state index in [9.17, 15) is 0 Å². The average Bonchev–Trinajstić information content (AvgIpc) is 2.14. The van der Waals surface area contributed by atoms with Gasteiger partial charge < -0.3 is 5.32 Å². The van der Waals surface area contributed by atoms with E-state index in [1.54, 1.807) is 0 Å². The number of likely N-dealkylation sites (tertiary alicyclic amines) is 1. The van der Waals surface area contributed by atoms with Crippen molar-refractivity contribution in [1.29, 1.82) is 0 Å². The lowest BCUT2D eigenvalue weighted by atomic mass is 9.80. The zero-order chi connectivity index (χ0) is 13.1. The first kappa shape index (κ1) is 15.0. The molecular formula is C15H32N2. The SMILES string of the molecule is CCNC1CC(CC(C)(C)C)CN(C(C)C)C1. The predicted molar refractivity (Wildman–Crippen MR) is 76.4 cm³/mol. The van der Waals surface area contributed by atoms with E-state index in [-0.39, 0.29) is 0 Å². The molecule has 2 unspecified atom stereocenters. The molecule has 0 aromatic carbocycles. The van der Waals surface area contributed by atoms with Crippen LogP contribution >= 0.6 is 0 Å². The van der Waals surface area contributed by atoms with Gasteiger partial charge in [0, 0.05) is 25.2 Å². The van der Waals surface area contributed by atoms with E-state index in [1.807, 2.05) is 0 Å². The van der Waals surface area contributed by atoms with E-state index in [4.69, 9.17) is 0 Å². The number of hydrogen-bond acceptors (Lipinski definition) is 2. The van der Waals surface area contributed by atoms with Gasteiger partial charge in [0.15, 0.2) is 0 Å². The molecule has 0 bridgehead atoms. The third-order valence-corrected chi connectivity index (χ3v) is 3.69. The Bertz CT molecular complexity index is 217. The monoisotopic (exact) mass is 240 g/mol. The van der Waals surface area contributed by atoms with E-state index in [0.717, 1.165) is 12.5 Å². The van der Waals surface area contributed by atoms with Crippen molar-refractivity contribution in [2.75, 3.05) is 19.6 Å². The molecular weight excluding hydrogens is 208 g/mol. The largest absolute Gasteiger partial charge is 0.313 e. The van der Waals surface area contributed by atoms with Gasteiger partial charge in [-0.3, -0.25) is 4.90 Å². The van der Waals surface area contributed by atoms with E-state index < -0.39 is 0 Å². The van der Waals surface area contributed by atoms with Gasteiger partial charge >= 0.3 is 0 Å². The number of rotatable bonds is 4. The Morgan fingerprint density at radius 1 is 1.24 bits per heavy atom. The van der Waals surface area contributed by atoms with Crippen LogP contribution in [-0.2, 0) is 0 Å². The molecule has 2 atom stereocenters. The maximum absolute atomic E-state index is 3.64. The highest BCUT2D eigenvalue weighted by Crippen LogP contribution is 2.30. The summed E-state index contributed by atoms with van der Waals surface area (Å²) in [4.78, 5) is 2.65. The second-order valence-electron chi connectivity index (χ2n) is 7.17. The van der Waals surface area contributed by atoms with Crippen LogP contribution in [0.15, 0.2) is 0 Å². The van der Waals surface area contributed by atoms with Gasteiger partial charge in [0.25, 0.3) is 0 Å². The molecule has 102 valence electrons. The molecule has 0 aromatic rings. The van der Waals surface area contributed by atoms with Gasteiger partial charge in [-0.25, -0.2) is 0 Å². The van der Waals surface area contributed by atoms with Crippen molar-refractivity contribution in [2.24, 2.45) is 11.3 Å². The molecule has 1 heterocycles. The fraction of sp³-hybridized carbons (Fsp3) is 1.00. The lowest BCUT2D eigenvalue weighted by Crippen LogP contribution is -2.51. The molecule has 0 saturated carbocycles. The van der Waals surface area contributed by atoms with Crippen molar-refractivity contribution in [3.63, 3.8) is 0 Å². The maximum Gasteiger partial charge on any atom is 0.0198 e. The Morgan fingerprint density at radius 2 is 1.88 bits per heavy atom. The fourth-order valence-electron chi connectivity index (χ4n) is 3.11. The third kappa shape index (κ3) is 5.39. The van der Waals surface area contributed by atoms with Crippen LogP contribution in [-0.4, -0.2) is 36.6 Å². The van der Waals surface area contributed by atoms with Crippen LogP contribution in [0.1, 0.15) is 54.4 Å². The third-order valence-electron chi connectivity index (χ3n) is 3.69. The molecule has 0 radical (unpaired) electrons. The van der Waals surface area contributed by atoms with Crippen LogP contribution in [0.25, 0.3) is 0 Å². The summed E-state index contributed by atoms with van der Waals surface area (Å²) in [6, 6.07) is 1.38. The number of nitrogens with zero attached hydrogens (tertiary/aromatic N) is 1. The number of piperidine rings is 1. The molecule has 1 fully saturated rings. The summed E-state index contributed by atoms with van der Waals surface area (Å²) in [6.07, 6.45) is 2.70. The second kappa shape index (κ2) is 6.19. The molecule has 0 aromatic heterocycles. The highest BCUT2D eigenvalue weighted by molar-refractivity contribution is 4.86. The molecule has 1 aliphatic heterocycles. The number of hydrogen-bond donors (Lipinski definition) is 1. The smallest absolute Gasteiger partial charge is 0.0198 e. The van der Waals surface area contributed by atoms with Crippen molar-refractivity contribution >= 4 is 0 Å². The van der Waals surface area contributed by atoms with Gasteiger partial charge in [-0.15, -0.1) is 0 Å². The molecule has 1 N–H and O–H groups in total. The van der Waals surface area contributed by atoms with Gasteiger partial charge in [-0.05, 0) is 44.6 Å². The van der Waals surface area contributed by atoms with Gasteiger partial charge in [0.1, 0.15) is 0 Å². The van der Waals surface area contributed by atoms with Crippen molar-refractivity contribution in [1.82, 2.24) is 10.2 Å². The van der Waals surface area contributed by atoms with Crippen LogP contribution in [0.5, 0.6) is 0 Å². The van der Waals surface area contributed by atoms with E-state index in [0.29, 0.717) is 17.5 Å². The molecule has 0 spiro atoms. The first-order valence-corrected chi connectivity index (χ1v) is 7.29. The van der Waals surface area contributed by atoms with Crippen molar-refractivity contribution in [3.05, 3.63) is 0 Å². The summed E-state index contributed by atoms with van der Waals surface area (Å²) in [5.41, 5.74) is 0.460. The minimum absolute atomic E-state index is 0.460. The lowest BCUT2D eigenvalue weighted by Gasteiger charge is -2.42. The molecule has 1 rings (SSSR count). The fourth-order valence-corrected chi connectivity index (χ4v) is 3.11. The normalized spacial score (nSPS) is 27.7. The molecule has 2 heteroatoms. The number of nitrogens with one attached hydrogen (secondary N) is 1. The average molecular weight is 240 g/mol. The minimum Gasteiger partial charge on any atom is -0.313 e. The topological polar surface area (TPSA) is 15.3 Å². The maximum atomic E-state index is 3.64. The Hall–Kier alpha value is -0.0800. The van der Waals surface area contributed by atoms with Gasteiger partial charge in [-0.2, -0.15) is 0 Å². The molecule has 1 saturated heterocycles. The number of likely N-dealkylation sites (N-methyl/N-ethyl adjacent to an activating group) is 1. The standard InChI is InChI=1S/C15H32N2/c1-7-16-14-8-13(9-15(4,5)6)10-17(11-14)12(2)3/h12-14,16H,7-11H2,1-6H3. The van der Waals surface area contributed by atoms with E-state index >= 15 is 0 Å². The minimum atomic E-state index is 0.460. The lowest BCUT2D eigenvalue weighted by molar-refractivity contribution is 0.0907. The summed E-state index contributed by atoms with van der Waals surface area (Å²) in [5, 5.41) is 3.64. The summed E-state index contributed by atoms with van der Waals surface area (Å²) in [7, 11) is 0. The first-order valence-electron chi connectivity index (χ1n) is 7.29. The molecule has 17 heavy (non-hydrogen) atoms. The molecule has 0 aliphatic carbocycles. The Balaban J connectivity index is 2.58. The van der Waals surface area contributed by atoms with Crippen LogP contribution in [0.4, 0.5) is 0 Å². The van der Waals surface area contributed by atoms with Crippen LogP contribution in [0, 0.1) is 11.3 Å². The summed E-state index contributed by atoms with van der Waals surface area (Å²) in [5.74, 6) is 0.857. The summed E-state index contributed by atoms with van der Waals surface area (Å²) >= 11 is 0. The van der Waals surface area contributed by atoms with E-state index in [2.05, 4.69) is 51.8 Å². The van der Waals surface area contributed by atoms with Gasteiger partial charge in [-0.1, -0.05) is 27.7 Å². The second-order valence-corrected chi connectivity index (χ2v) is 7.17. The zero-order valence-corrected chi connectivity index (χ0v) is 12.7. The van der Waals surface area contributed by atoms with Crippen LogP contribution in [0.3, 0.4) is 0 Å². The van der Waals surface area contributed by atoms with E-state index in [1.165, 1.54) is 25.9 Å². The quantitative estimate of drug-likeness (QED) is 0.812. The molecule has 0 amide bonds. The predicted octanol–water partition coefficient (Wildman–Crippen LogP) is 3.13. The molecule has 1 aliphatic rings. The summed E-state index contributed by atoms with van der Waals surface area (Å²) < 4.78 is 0. The first-order chi connectivity index (χ1) is 7.81. The van der Waals surface area contributed by atoms with Crippen molar-refractivity contribution < 1.29 is 0 Å². The molecule has 2 nitrogen and oxygen atoms in total. The Labute approximate surface area is 108 Å². The Morgan fingerprint density at radius 3 is 2.35 bits per heavy atom. The van der Waals surface area contributed by atoms with Gasteiger partial charge in [0.2, 0.25) is 0 Å². The Kier molecular flexibility index (Phi) is 5.46. The highest BCUT2D eigenvalue weighted by atomic mass is 15.2. The van der Waals surface area contributed by atoms with Crippen LogP contribution in [0.2, 0.25) is 0 Å². The van der Waals surface area contributed by atoms with Gasteiger partial charge in [0.05, 0.1) is 0 Å². The summed E-state index contributed by atoms with van der Waals surface area (Å²) in [6.45, 7) is 17.6. The highest BCUT2D eigenvalue weighted by Gasteiger charge is 2.30. The zero-order valence-electron chi connectivity index (χ0n) is 12.7. The van der Waals surface area contributed by atoms with Crippen molar-refractivity contribution in [2.45, 2.75) is 66.5 Å². The van der Waals surface area contributed by atoms with Crippen LogP contribution < -0.4 is 5.32 Å². The van der Waals surface area contributed by atoms with Crippen molar-refractivity contribution in [3.8, 4) is 0 Å².